The highest BCUT2D eigenvalue weighted by Gasteiger charge is 2.14. The van der Waals surface area contributed by atoms with E-state index in [1.807, 2.05) is 11.7 Å². The lowest BCUT2D eigenvalue weighted by atomic mass is 9.95. The molecule has 3 nitrogen and oxygen atoms in total. The molecular formula is C16H23N3. The van der Waals surface area contributed by atoms with Crippen molar-refractivity contribution in [3.8, 4) is 11.3 Å². The summed E-state index contributed by atoms with van der Waals surface area (Å²) in [5, 5.41) is 8.05. The van der Waals surface area contributed by atoms with E-state index in [4.69, 9.17) is 0 Å². The Labute approximate surface area is 115 Å². The number of hydrogen-bond donors (Lipinski definition) is 1. The van der Waals surface area contributed by atoms with Gasteiger partial charge in [0.15, 0.2) is 0 Å². The fourth-order valence-corrected chi connectivity index (χ4v) is 2.69. The molecule has 0 aliphatic heterocycles. The van der Waals surface area contributed by atoms with Gasteiger partial charge in [-0.25, -0.2) is 0 Å². The predicted octanol–water partition coefficient (Wildman–Crippen LogP) is 3.12. The quantitative estimate of drug-likeness (QED) is 0.912. The third-order valence-corrected chi connectivity index (χ3v) is 3.38. The van der Waals surface area contributed by atoms with Crippen LogP contribution >= 0.6 is 0 Å². The maximum atomic E-state index is 4.66. The lowest BCUT2D eigenvalue weighted by Gasteiger charge is -2.11. The lowest BCUT2D eigenvalue weighted by Crippen LogP contribution is -2.12. The van der Waals surface area contributed by atoms with Crippen molar-refractivity contribution in [3.05, 3.63) is 40.6 Å². The Morgan fingerprint density at radius 1 is 1.16 bits per heavy atom. The van der Waals surface area contributed by atoms with Gasteiger partial charge in [0.25, 0.3) is 0 Å². The van der Waals surface area contributed by atoms with Crippen molar-refractivity contribution < 1.29 is 0 Å². The summed E-state index contributed by atoms with van der Waals surface area (Å²) in [6.45, 7) is 10.4. The molecule has 19 heavy (non-hydrogen) atoms. The molecule has 0 spiro atoms. The Balaban J connectivity index is 2.52. The van der Waals surface area contributed by atoms with E-state index in [0.717, 1.165) is 18.8 Å². The van der Waals surface area contributed by atoms with Crippen LogP contribution in [0.4, 0.5) is 0 Å². The topological polar surface area (TPSA) is 29.9 Å². The number of aryl methyl sites for hydroxylation is 4. The molecule has 0 radical (unpaired) electrons. The van der Waals surface area contributed by atoms with E-state index in [0.29, 0.717) is 0 Å². The first kappa shape index (κ1) is 13.8. The molecule has 0 aliphatic carbocycles. The molecule has 0 atom stereocenters. The van der Waals surface area contributed by atoms with Crippen molar-refractivity contribution in [1.82, 2.24) is 15.1 Å². The van der Waals surface area contributed by atoms with E-state index >= 15 is 0 Å². The Bertz CT molecular complexity index is 559. The fraction of sp³-hybridized carbons (Fsp3) is 0.438. The number of rotatable bonds is 4. The molecule has 1 aromatic carbocycles. The first-order chi connectivity index (χ1) is 9.02. The summed E-state index contributed by atoms with van der Waals surface area (Å²) >= 11 is 0. The number of benzene rings is 1. The minimum atomic E-state index is 0.867. The third kappa shape index (κ3) is 2.87. The van der Waals surface area contributed by atoms with Crippen molar-refractivity contribution in [2.75, 3.05) is 6.54 Å². The molecule has 0 unspecified atom stereocenters. The van der Waals surface area contributed by atoms with Gasteiger partial charge in [0.1, 0.15) is 0 Å². The molecule has 1 N–H and O–H groups in total. The fourth-order valence-electron chi connectivity index (χ4n) is 2.69. The number of hydrogen-bond acceptors (Lipinski definition) is 2. The molecule has 0 amide bonds. The minimum absolute atomic E-state index is 0.867. The molecule has 0 aliphatic rings. The first-order valence-electron chi connectivity index (χ1n) is 6.84. The van der Waals surface area contributed by atoms with Gasteiger partial charge in [0, 0.05) is 30.9 Å². The van der Waals surface area contributed by atoms with E-state index in [-0.39, 0.29) is 0 Å². The van der Waals surface area contributed by atoms with Crippen LogP contribution in [0.5, 0.6) is 0 Å². The van der Waals surface area contributed by atoms with Gasteiger partial charge < -0.3 is 5.32 Å². The molecule has 3 heteroatoms. The summed E-state index contributed by atoms with van der Waals surface area (Å²) in [6, 6.07) is 4.46. The van der Waals surface area contributed by atoms with Crippen molar-refractivity contribution in [2.45, 2.75) is 34.2 Å². The maximum Gasteiger partial charge on any atom is 0.0973 e. The molecule has 0 saturated heterocycles. The summed E-state index contributed by atoms with van der Waals surface area (Å²) in [6.07, 6.45) is 2.11. The molecule has 102 valence electrons. The summed E-state index contributed by atoms with van der Waals surface area (Å²) in [5.41, 5.74) is 7.56. The SMILES string of the molecule is CCNCc1cn(C)nc1-c1c(C)cc(C)cc1C. The first-order valence-corrected chi connectivity index (χ1v) is 6.84. The van der Waals surface area contributed by atoms with Crippen molar-refractivity contribution in [2.24, 2.45) is 7.05 Å². The monoisotopic (exact) mass is 257 g/mol. The zero-order valence-corrected chi connectivity index (χ0v) is 12.5. The van der Waals surface area contributed by atoms with E-state index < -0.39 is 0 Å². The van der Waals surface area contributed by atoms with Crippen LogP contribution in [0, 0.1) is 20.8 Å². The largest absolute Gasteiger partial charge is 0.313 e. The zero-order chi connectivity index (χ0) is 14.0. The number of nitrogens with zero attached hydrogens (tertiary/aromatic N) is 2. The summed E-state index contributed by atoms with van der Waals surface area (Å²) in [4.78, 5) is 0. The Hall–Kier alpha value is -1.61. The van der Waals surface area contributed by atoms with Crippen LogP contribution in [-0.2, 0) is 13.6 Å². The molecule has 0 bridgehead atoms. The smallest absolute Gasteiger partial charge is 0.0973 e. The summed E-state index contributed by atoms with van der Waals surface area (Å²) in [7, 11) is 1.98. The van der Waals surface area contributed by atoms with Crippen LogP contribution < -0.4 is 5.32 Å². The van der Waals surface area contributed by atoms with Gasteiger partial charge in [-0.3, -0.25) is 4.68 Å². The van der Waals surface area contributed by atoms with Gasteiger partial charge in [0.2, 0.25) is 0 Å². The van der Waals surface area contributed by atoms with Gasteiger partial charge in [-0.1, -0.05) is 24.6 Å². The number of aromatic nitrogens is 2. The normalized spacial score (nSPS) is 11.0. The van der Waals surface area contributed by atoms with Crippen LogP contribution in [0.15, 0.2) is 18.3 Å². The average Bonchev–Trinajstić information content (AvgIpc) is 2.66. The second-order valence-electron chi connectivity index (χ2n) is 5.23. The molecule has 0 fully saturated rings. The van der Waals surface area contributed by atoms with Crippen molar-refractivity contribution in [1.29, 1.82) is 0 Å². The van der Waals surface area contributed by atoms with E-state index in [1.165, 1.54) is 27.8 Å². The van der Waals surface area contributed by atoms with Gasteiger partial charge in [-0.15, -0.1) is 0 Å². The molecular weight excluding hydrogens is 234 g/mol. The minimum Gasteiger partial charge on any atom is -0.313 e. The van der Waals surface area contributed by atoms with E-state index in [2.05, 4.69) is 56.4 Å². The standard InChI is InChI=1S/C16H23N3/c1-6-17-9-14-10-19(5)18-16(14)15-12(3)7-11(2)8-13(15)4/h7-8,10,17H,6,9H2,1-5H3. The van der Waals surface area contributed by atoms with Crippen molar-refractivity contribution in [3.63, 3.8) is 0 Å². The highest BCUT2D eigenvalue weighted by atomic mass is 15.3. The van der Waals surface area contributed by atoms with E-state index in [1.54, 1.807) is 0 Å². The molecule has 1 heterocycles. The van der Waals surface area contributed by atoms with Gasteiger partial charge >= 0.3 is 0 Å². The van der Waals surface area contributed by atoms with Crippen LogP contribution in [0.1, 0.15) is 29.2 Å². The predicted molar refractivity (Wildman–Crippen MR) is 80.2 cm³/mol. The van der Waals surface area contributed by atoms with Gasteiger partial charge in [-0.05, 0) is 38.4 Å². The highest BCUT2D eigenvalue weighted by Crippen LogP contribution is 2.29. The van der Waals surface area contributed by atoms with Crippen LogP contribution in [0.2, 0.25) is 0 Å². The van der Waals surface area contributed by atoms with Crippen LogP contribution in [-0.4, -0.2) is 16.3 Å². The van der Waals surface area contributed by atoms with Gasteiger partial charge in [0.05, 0.1) is 5.69 Å². The third-order valence-electron chi connectivity index (χ3n) is 3.38. The lowest BCUT2D eigenvalue weighted by molar-refractivity contribution is 0.724. The van der Waals surface area contributed by atoms with Crippen LogP contribution in [0.3, 0.4) is 0 Å². The molecule has 1 aromatic heterocycles. The second kappa shape index (κ2) is 5.57. The molecule has 2 rings (SSSR count). The van der Waals surface area contributed by atoms with E-state index in [9.17, 15) is 0 Å². The molecule has 0 saturated carbocycles. The van der Waals surface area contributed by atoms with Crippen LogP contribution in [0.25, 0.3) is 11.3 Å². The Morgan fingerprint density at radius 3 is 2.37 bits per heavy atom. The second-order valence-corrected chi connectivity index (χ2v) is 5.23. The Morgan fingerprint density at radius 2 is 1.79 bits per heavy atom. The summed E-state index contributed by atoms with van der Waals surface area (Å²) in [5.74, 6) is 0. The zero-order valence-electron chi connectivity index (χ0n) is 12.5. The summed E-state index contributed by atoms with van der Waals surface area (Å²) < 4.78 is 1.90. The Kier molecular flexibility index (Phi) is 4.05. The van der Waals surface area contributed by atoms with Gasteiger partial charge in [-0.2, -0.15) is 5.10 Å². The average molecular weight is 257 g/mol. The maximum absolute atomic E-state index is 4.66. The highest BCUT2D eigenvalue weighted by molar-refractivity contribution is 5.70. The number of nitrogens with one attached hydrogen (secondary N) is 1. The molecule has 2 aromatic rings. The van der Waals surface area contributed by atoms with Crippen molar-refractivity contribution >= 4 is 0 Å².